The molecule has 0 fully saturated rings. The van der Waals surface area contributed by atoms with Gasteiger partial charge in [-0.3, -0.25) is 0 Å². The van der Waals surface area contributed by atoms with Gasteiger partial charge in [0.1, 0.15) is 0 Å². The van der Waals surface area contributed by atoms with E-state index in [9.17, 15) is 0 Å². The van der Waals surface area contributed by atoms with Crippen LogP contribution >= 0.6 is 0 Å². The van der Waals surface area contributed by atoms with Gasteiger partial charge in [-0.2, -0.15) is 4.98 Å². The summed E-state index contributed by atoms with van der Waals surface area (Å²) < 4.78 is 5.03. The van der Waals surface area contributed by atoms with Crippen molar-refractivity contribution in [3.05, 3.63) is 42.1 Å². The number of hydrogen-bond donors (Lipinski definition) is 0. The van der Waals surface area contributed by atoms with E-state index in [1.54, 1.807) is 13.3 Å². The first kappa shape index (κ1) is 12.6. The molecule has 0 unspecified atom stereocenters. The van der Waals surface area contributed by atoms with E-state index in [2.05, 4.69) is 55.0 Å². The Labute approximate surface area is 108 Å². The summed E-state index contributed by atoms with van der Waals surface area (Å²) >= 11 is 0. The topological polar surface area (TPSA) is 35.0 Å². The molecule has 3 nitrogen and oxygen atoms in total. The van der Waals surface area contributed by atoms with Gasteiger partial charge in [-0.1, -0.05) is 45.0 Å². The van der Waals surface area contributed by atoms with Gasteiger partial charge >= 0.3 is 6.01 Å². The Morgan fingerprint density at radius 3 is 2.22 bits per heavy atom. The second-order valence-electron chi connectivity index (χ2n) is 5.26. The maximum Gasteiger partial charge on any atom is 0.316 e. The highest BCUT2D eigenvalue weighted by molar-refractivity contribution is 5.59. The fraction of sp³-hybridized carbons (Fsp3) is 0.333. The van der Waals surface area contributed by atoms with Gasteiger partial charge in [0, 0.05) is 11.8 Å². The predicted molar refractivity (Wildman–Crippen MR) is 72.7 cm³/mol. The lowest BCUT2D eigenvalue weighted by atomic mass is 9.86. The highest BCUT2D eigenvalue weighted by Crippen LogP contribution is 2.25. The van der Waals surface area contributed by atoms with Crippen molar-refractivity contribution < 1.29 is 4.74 Å². The van der Waals surface area contributed by atoms with Crippen molar-refractivity contribution in [1.82, 2.24) is 9.97 Å². The molecule has 3 heteroatoms. The molecular formula is C15H18N2O. The molecular weight excluding hydrogens is 224 g/mol. The van der Waals surface area contributed by atoms with E-state index >= 15 is 0 Å². The molecule has 0 saturated carbocycles. The van der Waals surface area contributed by atoms with Crippen LogP contribution in [0.5, 0.6) is 6.01 Å². The number of ether oxygens (including phenoxy) is 1. The lowest BCUT2D eigenvalue weighted by molar-refractivity contribution is 0.380. The maximum atomic E-state index is 5.03. The Kier molecular flexibility index (Phi) is 3.32. The van der Waals surface area contributed by atoms with Crippen LogP contribution in [0, 0.1) is 0 Å². The van der Waals surface area contributed by atoms with Crippen LogP contribution < -0.4 is 4.74 Å². The van der Waals surface area contributed by atoms with Gasteiger partial charge < -0.3 is 4.74 Å². The first-order valence-electron chi connectivity index (χ1n) is 5.98. The monoisotopic (exact) mass is 242 g/mol. The van der Waals surface area contributed by atoms with Crippen LogP contribution in [0.15, 0.2) is 36.5 Å². The molecule has 2 aromatic rings. The molecule has 0 N–H and O–H groups in total. The normalized spacial score (nSPS) is 11.3. The molecule has 0 saturated heterocycles. The third kappa shape index (κ3) is 2.67. The Morgan fingerprint density at radius 2 is 1.67 bits per heavy atom. The second kappa shape index (κ2) is 4.77. The SMILES string of the molecule is COc1nccc(-c2ccc(C(C)(C)C)cc2)n1. The van der Waals surface area contributed by atoms with Crippen LogP contribution in [-0.4, -0.2) is 17.1 Å². The van der Waals surface area contributed by atoms with Crippen LogP contribution in [0.4, 0.5) is 0 Å². The molecule has 1 heterocycles. The molecule has 0 amide bonds. The van der Waals surface area contributed by atoms with E-state index in [1.807, 2.05) is 6.07 Å². The van der Waals surface area contributed by atoms with Gasteiger partial charge in [0.05, 0.1) is 12.8 Å². The molecule has 1 aromatic heterocycles. The fourth-order valence-corrected chi connectivity index (χ4v) is 1.74. The third-order valence-corrected chi connectivity index (χ3v) is 2.86. The average Bonchev–Trinajstić information content (AvgIpc) is 2.38. The van der Waals surface area contributed by atoms with Gasteiger partial charge in [-0.05, 0) is 17.0 Å². The molecule has 0 radical (unpaired) electrons. The second-order valence-corrected chi connectivity index (χ2v) is 5.26. The summed E-state index contributed by atoms with van der Waals surface area (Å²) in [5, 5.41) is 0. The van der Waals surface area contributed by atoms with Crippen LogP contribution in [0.25, 0.3) is 11.3 Å². The molecule has 0 aliphatic heterocycles. The number of hydrogen-bond acceptors (Lipinski definition) is 3. The quantitative estimate of drug-likeness (QED) is 0.809. The third-order valence-electron chi connectivity index (χ3n) is 2.86. The maximum absolute atomic E-state index is 5.03. The van der Waals surface area contributed by atoms with Crippen LogP contribution in [0.1, 0.15) is 26.3 Å². The molecule has 0 aliphatic rings. The summed E-state index contributed by atoms with van der Waals surface area (Å²) in [7, 11) is 1.57. The molecule has 18 heavy (non-hydrogen) atoms. The van der Waals surface area contributed by atoms with Crippen molar-refractivity contribution in [2.24, 2.45) is 0 Å². The molecule has 2 rings (SSSR count). The molecule has 0 atom stereocenters. The fourth-order valence-electron chi connectivity index (χ4n) is 1.74. The van der Waals surface area contributed by atoms with Crippen molar-refractivity contribution in [1.29, 1.82) is 0 Å². The van der Waals surface area contributed by atoms with Gasteiger partial charge in [0.15, 0.2) is 0 Å². The zero-order chi connectivity index (χ0) is 13.2. The van der Waals surface area contributed by atoms with Crippen molar-refractivity contribution in [3.63, 3.8) is 0 Å². The first-order valence-corrected chi connectivity index (χ1v) is 5.98. The Hall–Kier alpha value is -1.90. The summed E-state index contributed by atoms with van der Waals surface area (Å²) in [6, 6.07) is 10.7. The lowest BCUT2D eigenvalue weighted by Gasteiger charge is -2.19. The van der Waals surface area contributed by atoms with E-state index in [4.69, 9.17) is 4.74 Å². The van der Waals surface area contributed by atoms with E-state index in [0.29, 0.717) is 6.01 Å². The number of nitrogens with zero attached hydrogens (tertiary/aromatic N) is 2. The molecule has 94 valence electrons. The zero-order valence-corrected chi connectivity index (χ0v) is 11.3. The minimum absolute atomic E-state index is 0.169. The number of aromatic nitrogens is 2. The zero-order valence-electron chi connectivity index (χ0n) is 11.3. The van der Waals surface area contributed by atoms with Crippen LogP contribution in [0.3, 0.4) is 0 Å². The largest absolute Gasteiger partial charge is 0.467 e. The van der Waals surface area contributed by atoms with Gasteiger partial charge in [-0.25, -0.2) is 4.98 Å². The Balaban J connectivity index is 2.34. The minimum atomic E-state index is 0.169. The summed E-state index contributed by atoms with van der Waals surface area (Å²) in [5.41, 5.74) is 3.43. The lowest BCUT2D eigenvalue weighted by Crippen LogP contribution is -2.10. The highest BCUT2D eigenvalue weighted by Gasteiger charge is 2.13. The van der Waals surface area contributed by atoms with Gasteiger partial charge in [-0.15, -0.1) is 0 Å². The van der Waals surface area contributed by atoms with Crippen LogP contribution in [-0.2, 0) is 5.41 Å². The predicted octanol–water partition coefficient (Wildman–Crippen LogP) is 3.45. The van der Waals surface area contributed by atoms with Crippen molar-refractivity contribution >= 4 is 0 Å². The number of methoxy groups -OCH3 is 1. The average molecular weight is 242 g/mol. The summed E-state index contributed by atoms with van der Waals surface area (Å²) in [5.74, 6) is 0. The Bertz CT molecular complexity index is 527. The van der Waals surface area contributed by atoms with E-state index in [1.165, 1.54) is 5.56 Å². The van der Waals surface area contributed by atoms with E-state index in [-0.39, 0.29) is 5.41 Å². The van der Waals surface area contributed by atoms with Gasteiger partial charge in [0.2, 0.25) is 0 Å². The van der Waals surface area contributed by atoms with E-state index in [0.717, 1.165) is 11.3 Å². The number of benzene rings is 1. The summed E-state index contributed by atoms with van der Waals surface area (Å²) in [6.07, 6.45) is 1.71. The van der Waals surface area contributed by atoms with Crippen molar-refractivity contribution in [3.8, 4) is 17.3 Å². The first-order chi connectivity index (χ1) is 8.50. The highest BCUT2D eigenvalue weighted by atomic mass is 16.5. The Morgan fingerprint density at radius 1 is 1.00 bits per heavy atom. The van der Waals surface area contributed by atoms with Gasteiger partial charge in [0.25, 0.3) is 0 Å². The summed E-state index contributed by atoms with van der Waals surface area (Å²) in [6.45, 7) is 6.61. The van der Waals surface area contributed by atoms with Crippen LogP contribution in [0.2, 0.25) is 0 Å². The molecule has 0 bridgehead atoms. The van der Waals surface area contributed by atoms with Crippen molar-refractivity contribution in [2.45, 2.75) is 26.2 Å². The minimum Gasteiger partial charge on any atom is -0.467 e. The molecule has 0 aliphatic carbocycles. The van der Waals surface area contributed by atoms with Crippen molar-refractivity contribution in [2.75, 3.05) is 7.11 Å². The van der Waals surface area contributed by atoms with E-state index < -0.39 is 0 Å². The smallest absolute Gasteiger partial charge is 0.316 e. The molecule has 0 spiro atoms. The summed E-state index contributed by atoms with van der Waals surface area (Å²) in [4.78, 5) is 8.33. The molecule has 1 aromatic carbocycles. The number of rotatable bonds is 2. The standard InChI is InChI=1S/C15H18N2O/c1-15(2,3)12-7-5-11(6-8-12)13-9-10-16-14(17-13)18-4/h5-10H,1-4H3.